The van der Waals surface area contributed by atoms with Gasteiger partial charge in [0, 0.05) is 10.7 Å². The minimum atomic E-state index is -2.40. The topological polar surface area (TPSA) is 46.2 Å². The van der Waals surface area contributed by atoms with Crippen LogP contribution in [0.2, 0.25) is 5.02 Å². The molecule has 0 saturated heterocycles. The quantitative estimate of drug-likeness (QED) is 0.797. The van der Waals surface area contributed by atoms with Crippen LogP contribution in [-0.2, 0) is 10.7 Å². The van der Waals surface area contributed by atoms with Gasteiger partial charge in [-0.15, -0.1) is 0 Å². The Labute approximate surface area is 95.4 Å². The molecule has 1 aromatic carbocycles. The number of rotatable bonds is 4. The van der Waals surface area contributed by atoms with Gasteiger partial charge in [-0.25, -0.2) is 8.42 Å². The third kappa shape index (κ3) is 2.86. The summed E-state index contributed by atoms with van der Waals surface area (Å²) in [4.78, 5) is 0. The first kappa shape index (κ1) is 10.8. The zero-order valence-corrected chi connectivity index (χ0v) is 9.59. The number of anilines is 1. The van der Waals surface area contributed by atoms with Gasteiger partial charge in [0.15, 0.2) is 10.7 Å². The summed E-state index contributed by atoms with van der Waals surface area (Å²) in [5, 5.41) is 3.47. The molecule has 81 valence electrons. The number of thiol groups is 1. The van der Waals surface area contributed by atoms with Gasteiger partial charge >= 0.3 is 0 Å². The van der Waals surface area contributed by atoms with Crippen LogP contribution in [0.3, 0.4) is 0 Å². The molecule has 1 aliphatic carbocycles. The van der Waals surface area contributed by atoms with Crippen LogP contribution >= 0.6 is 11.6 Å². The van der Waals surface area contributed by atoms with E-state index in [4.69, 9.17) is 11.6 Å². The van der Waals surface area contributed by atoms with E-state index in [1.165, 1.54) is 0 Å². The van der Waals surface area contributed by atoms with Gasteiger partial charge in [0.1, 0.15) is 5.88 Å². The third-order valence-corrected chi connectivity index (χ3v) is 3.03. The molecule has 1 saturated carbocycles. The van der Waals surface area contributed by atoms with E-state index in [0.29, 0.717) is 10.9 Å². The molecular formula is C10H11ClNO2S. The highest BCUT2D eigenvalue weighted by Gasteiger charge is 2.25. The summed E-state index contributed by atoms with van der Waals surface area (Å²) < 4.78 is 20.8. The lowest BCUT2D eigenvalue weighted by molar-refractivity contribution is 0.616. The molecule has 0 aliphatic heterocycles. The van der Waals surface area contributed by atoms with Crippen LogP contribution in [0.1, 0.15) is 17.9 Å². The van der Waals surface area contributed by atoms with E-state index in [0.717, 1.165) is 17.7 Å². The van der Waals surface area contributed by atoms with Gasteiger partial charge in [-0.2, -0.15) is 0 Å². The molecule has 0 amide bonds. The van der Waals surface area contributed by atoms with Gasteiger partial charge < -0.3 is 5.32 Å². The van der Waals surface area contributed by atoms with Crippen molar-refractivity contribution in [3.8, 4) is 0 Å². The Morgan fingerprint density at radius 2 is 2.20 bits per heavy atom. The van der Waals surface area contributed by atoms with E-state index in [9.17, 15) is 8.42 Å². The maximum atomic E-state index is 10.4. The van der Waals surface area contributed by atoms with Crippen molar-refractivity contribution >= 4 is 28.0 Å². The van der Waals surface area contributed by atoms with E-state index in [1.807, 2.05) is 12.1 Å². The standard InChI is InChI=1S/C10H11ClNO2S/c11-10-5-8(12-6-15(13)14)3-4-9(10)7-1-2-7/h1,3-5,7,12,15H,2,6H2. The summed E-state index contributed by atoms with van der Waals surface area (Å²) in [5.41, 5.74) is 1.86. The summed E-state index contributed by atoms with van der Waals surface area (Å²) >= 11 is 6.07. The lowest BCUT2D eigenvalue weighted by Crippen LogP contribution is -2.02. The van der Waals surface area contributed by atoms with Gasteiger partial charge in [0.25, 0.3) is 0 Å². The van der Waals surface area contributed by atoms with Crippen LogP contribution in [0.25, 0.3) is 0 Å². The molecule has 0 heterocycles. The number of hydrogen-bond acceptors (Lipinski definition) is 3. The molecule has 0 aromatic heterocycles. The van der Waals surface area contributed by atoms with Crippen molar-refractivity contribution in [3.05, 3.63) is 35.2 Å². The van der Waals surface area contributed by atoms with Crippen molar-refractivity contribution in [2.24, 2.45) is 0 Å². The van der Waals surface area contributed by atoms with Crippen LogP contribution < -0.4 is 5.32 Å². The fourth-order valence-corrected chi connectivity index (χ4v) is 2.05. The maximum Gasteiger partial charge on any atom is 0.158 e. The molecule has 3 nitrogen and oxygen atoms in total. The summed E-state index contributed by atoms with van der Waals surface area (Å²) in [5.74, 6) is 0.434. The highest BCUT2D eigenvalue weighted by atomic mass is 35.5. The first-order valence-corrected chi connectivity index (χ1v) is 6.39. The van der Waals surface area contributed by atoms with E-state index in [-0.39, 0.29) is 5.88 Å². The summed E-state index contributed by atoms with van der Waals surface area (Å²) in [7, 11) is -2.40. The monoisotopic (exact) mass is 244 g/mol. The SMILES string of the molecule is O=[SH](=O)CNc1ccc(C2[CH]C2)c(Cl)c1. The summed E-state index contributed by atoms with van der Waals surface area (Å²) in [6, 6.07) is 5.56. The Balaban J connectivity index is 2.10. The van der Waals surface area contributed by atoms with E-state index < -0.39 is 10.7 Å². The van der Waals surface area contributed by atoms with E-state index in [1.54, 1.807) is 6.07 Å². The van der Waals surface area contributed by atoms with Gasteiger partial charge in [-0.3, -0.25) is 0 Å². The smallest absolute Gasteiger partial charge is 0.158 e. The first-order valence-electron chi connectivity index (χ1n) is 4.65. The maximum absolute atomic E-state index is 10.4. The second-order valence-electron chi connectivity index (χ2n) is 3.48. The zero-order chi connectivity index (χ0) is 10.8. The largest absolute Gasteiger partial charge is 0.372 e. The van der Waals surface area contributed by atoms with Crippen molar-refractivity contribution < 1.29 is 8.42 Å². The normalized spacial score (nSPS) is 15.6. The molecule has 1 aliphatic rings. The van der Waals surface area contributed by atoms with Gasteiger partial charge in [-0.1, -0.05) is 17.7 Å². The number of halogens is 1. The summed E-state index contributed by atoms with van der Waals surface area (Å²) in [6.45, 7) is 0. The molecule has 0 bridgehead atoms. The molecule has 1 fully saturated rings. The molecule has 5 heteroatoms. The second-order valence-corrected chi connectivity index (χ2v) is 4.87. The van der Waals surface area contributed by atoms with Gasteiger partial charge in [-0.05, 0) is 36.5 Å². The summed E-state index contributed by atoms with van der Waals surface area (Å²) in [6.07, 6.45) is 3.27. The molecule has 2 rings (SSSR count). The number of hydrogen-bond donors (Lipinski definition) is 2. The fourth-order valence-electron chi connectivity index (χ4n) is 1.42. The van der Waals surface area contributed by atoms with Gasteiger partial charge in [0.05, 0.1) is 0 Å². The van der Waals surface area contributed by atoms with Crippen LogP contribution in [0.15, 0.2) is 18.2 Å². The lowest BCUT2D eigenvalue weighted by atomic mass is 10.1. The Morgan fingerprint density at radius 3 is 2.73 bits per heavy atom. The predicted molar refractivity (Wildman–Crippen MR) is 61.9 cm³/mol. The molecular weight excluding hydrogens is 234 g/mol. The van der Waals surface area contributed by atoms with Gasteiger partial charge in [0.2, 0.25) is 0 Å². The number of nitrogens with one attached hydrogen (secondary N) is 1. The average molecular weight is 245 g/mol. The van der Waals surface area contributed by atoms with Crippen LogP contribution in [0.4, 0.5) is 5.69 Å². The Morgan fingerprint density at radius 1 is 1.47 bits per heavy atom. The molecule has 1 N–H and O–H groups in total. The molecule has 15 heavy (non-hydrogen) atoms. The van der Waals surface area contributed by atoms with Crippen molar-refractivity contribution in [2.45, 2.75) is 12.3 Å². The Kier molecular flexibility index (Phi) is 3.17. The molecule has 1 unspecified atom stereocenters. The predicted octanol–water partition coefficient (Wildman–Crippen LogP) is 2.01. The zero-order valence-electron chi connectivity index (χ0n) is 7.94. The fraction of sp³-hybridized carbons (Fsp3) is 0.300. The minimum absolute atomic E-state index is 0.0550. The molecule has 1 radical (unpaired) electrons. The average Bonchev–Trinajstić information content (AvgIpc) is 2.98. The van der Waals surface area contributed by atoms with E-state index >= 15 is 0 Å². The minimum Gasteiger partial charge on any atom is -0.372 e. The highest BCUT2D eigenvalue weighted by Crippen LogP contribution is 2.42. The molecule has 1 aromatic rings. The van der Waals surface area contributed by atoms with Crippen LogP contribution in [0.5, 0.6) is 0 Å². The molecule has 0 spiro atoms. The lowest BCUT2D eigenvalue weighted by Gasteiger charge is -2.06. The number of benzene rings is 1. The first-order chi connectivity index (χ1) is 7.16. The Hall–Kier alpha value is -0.740. The highest BCUT2D eigenvalue weighted by molar-refractivity contribution is 7.72. The van der Waals surface area contributed by atoms with Crippen LogP contribution in [0, 0.1) is 6.42 Å². The third-order valence-electron chi connectivity index (χ3n) is 2.28. The Bertz CT molecular complexity index is 433. The van der Waals surface area contributed by atoms with Crippen molar-refractivity contribution in [3.63, 3.8) is 0 Å². The van der Waals surface area contributed by atoms with Crippen molar-refractivity contribution in [1.29, 1.82) is 0 Å². The van der Waals surface area contributed by atoms with Crippen molar-refractivity contribution in [2.75, 3.05) is 11.2 Å². The molecule has 1 atom stereocenters. The van der Waals surface area contributed by atoms with Crippen molar-refractivity contribution in [1.82, 2.24) is 0 Å². The van der Waals surface area contributed by atoms with Crippen LogP contribution in [-0.4, -0.2) is 14.3 Å². The van der Waals surface area contributed by atoms with E-state index in [2.05, 4.69) is 11.7 Å². The second kappa shape index (κ2) is 4.41.